The standard InChI is InChI=1S/C18H12F2N2O/c19-14-8-2-1-7-13(14)18(23)22(17-11-5-6-12-21-17)16-10-4-3-9-15(16)20/h1-12H. The van der Waals surface area contributed by atoms with Gasteiger partial charge in [0, 0.05) is 6.20 Å². The van der Waals surface area contributed by atoms with Crippen molar-refractivity contribution in [2.24, 2.45) is 0 Å². The van der Waals surface area contributed by atoms with Crippen LogP contribution in [0.1, 0.15) is 10.4 Å². The van der Waals surface area contributed by atoms with Gasteiger partial charge in [-0.1, -0.05) is 30.3 Å². The highest BCUT2D eigenvalue weighted by molar-refractivity contribution is 6.10. The van der Waals surface area contributed by atoms with Crippen molar-refractivity contribution >= 4 is 17.4 Å². The fraction of sp³-hybridized carbons (Fsp3) is 0. The van der Waals surface area contributed by atoms with Crippen molar-refractivity contribution in [1.82, 2.24) is 4.98 Å². The van der Waals surface area contributed by atoms with Crippen LogP contribution >= 0.6 is 0 Å². The summed E-state index contributed by atoms with van der Waals surface area (Å²) in [5.41, 5.74) is -0.138. The van der Waals surface area contributed by atoms with E-state index in [1.807, 2.05) is 0 Å². The van der Waals surface area contributed by atoms with Crippen molar-refractivity contribution in [3.05, 3.63) is 90.1 Å². The van der Waals surface area contributed by atoms with Gasteiger partial charge in [-0.25, -0.2) is 13.8 Å². The average Bonchev–Trinajstić information content (AvgIpc) is 2.58. The summed E-state index contributed by atoms with van der Waals surface area (Å²) in [6.45, 7) is 0. The van der Waals surface area contributed by atoms with E-state index in [0.29, 0.717) is 0 Å². The van der Waals surface area contributed by atoms with Gasteiger partial charge in [-0.05, 0) is 36.4 Å². The molecule has 3 nitrogen and oxygen atoms in total. The molecule has 3 rings (SSSR count). The largest absolute Gasteiger partial charge is 0.268 e. The van der Waals surface area contributed by atoms with E-state index in [2.05, 4.69) is 4.98 Å². The van der Waals surface area contributed by atoms with Crippen molar-refractivity contribution in [3.8, 4) is 0 Å². The molecule has 0 aliphatic heterocycles. The summed E-state index contributed by atoms with van der Waals surface area (Å²) in [7, 11) is 0. The lowest BCUT2D eigenvalue weighted by atomic mass is 10.1. The molecule has 0 N–H and O–H groups in total. The van der Waals surface area contributed by atoms with Crippen LogP contribution < -0.4 is 4.90 Å². The average molecular weight is 310 g/mol. The molecule has 0 radical (unpaired) electrons. The first-order chi connectivity index (χ1) is 11.2. The SMILES string of the molecule is O=C(c1ccccc1F)N(c1ccccn1)c1ccccc1F. The van der Waals surface area contributed by atoms with Crippen LogP contribution in [0.25, 0.3) is 0 Å². The summed E-state index contributed by atoms with van der Waals surface area (Å²) in [4.78, 5) is 18.0. The van der Waals surface area contributed by atoms with Crippen molar-refractivity contribution < 1.29 is 13.6 Å². The molecule has 1 aromatic heterocycles. The van der Waals surface area contributed by atoms with E-state index in [-0.39, 0.29) is 17.1 Å². The number of nitrogens with zero attached hydrogens (tertiary/aromatic N) is 2. The highest BCUT2D eigenvalue weighted by Gasteiger charge is 2.25. The van der Waals surface area contributed by atoms with E-state index >= 15 is 0 Å². The van der Waals surface area contributed by atoms with Crippen LogP contribution in [0.3, 0.4) is 0 Å². The number of halogens is 2. The monoisotopic (exact) mass is 310 g/mol. The van der Waals surface area contributed by atoms with E-state index in [1.54, 1.807) is 30.3 Å². The Balaban J connectivity index is 2.15. The Bertz CT molecular complexity index is 837. The predicted octanol–water partition coefficient (Wildman–Crippen LogP) is 4.34. The second-order valence-electron chi connectivity index (χ2n) is 4.76. The molecule has 1 amide bonds. The highest BCUT2D eigenvalue weighted by Crippen LogP contribution is 2.28. The van der Waals surface area contributed by atoms with Crippen LogP contribution in [0, 0.1) is 11.6 Å². The Labute approximate surface area is 131 Å². The number of rotatable bonds is 3. The van der Waals surface area contributed by atoms with Crippen LogP contribution in [0.5, 0.6) is 0 Å². The van der Waals surface area contributed by atoms with Crippen molar-refractivity contribution in [3.63, 3.8) is 0 Å². The summed E-state index contributed by atoms with van der Waals surface area (Å²) in [5.74, 6) is -1.74. The molecule has 5 heteroatoms. The van der Waals surface area contributed by atoms with E-state index < -0.39 is 17.5 Å². The summed E-state index contributed by atoms with van der Waals surface area (Å²) in [5, 5.41) is 0. The molecule has 0 unspecified atom stereocenters. The summed E-state index contributed by atoms with van der Waals surface area (Å²) >= 11 is 0. The predicted molar refractivity (Wildman–Crippen MR) is 83.5 cm³/mol. The molecule has 0 aliphatic carbocycles. The van der Waals surface area contributed by atoms with Crippen LogP contribution in [0.4, 0.5) is 20.3 Å². The van der Waals surface area contributed by atoms with Gasteiger partial charge in [-0.15, -0.1) is 0 Å². The Morgan fingerprint density at radius 2 is 1.48 bits per heavy atom. The smallest absolute Gasteiger partial charge is 0.267 e. The number of anilines is 2. The molecule has 0 saturated carbocycles. The number of carbonyl (C=O) groups excluding carboxylic acids is 1. The molecular weight excluding hydrogens is 298 g/mol. The molecule has 0 fully saturated rings. The third kappa shape index (κ3) is 2.94. The quantitative estimate of drug-likeness (QED) is 0.721. The normalized spacial score (nSPS) is 10.3. The first-order valence-corrected chi connectivity index (χ1v) is 6.93. The number of carbonyl (C=O) groups is 1. The Morgan fingerprint density at radius 1 is 0.826 bits per heavy atom. The second kappa shape index (κ2) is 6.36. The van der Waals surface area contributed by atoms with Gasteiger partial charge < -0.3 is 0 Å². The van der Waals surface area contributed by atoms with Gasteiger partial charge in [0.25, 0.3) is 5.91 Å². The first-order valence-electron chi connectivity index (χ1n) is 6.93. The zero-order valence-corrected chi connectivity index (χ0v) is 12.0. The van der Waals surface area contributed by atoms with Crippen molar-refractivity contribution in [1.29, 1.82) is 0 Å². The van der Waals surface area contributed by atoms with E-state index in [0.717, 1.165) is 4.90 Å². The van der Waals surface area contributed by atoms with Gasteiger partial charge in [0.05, 0.1) is 11.3 Å². The molecule has 3 aromatic rings. The Morgan fingerprint density at radius 3 is 2.13 bits per heavy atom. The molecule has 0 atom stereocenters. The number of para-hydroxylation sites is 1. The van der Waals surface area contributed by atoms with Crippen LogP contribution in [0.15, 0.2) is 72.9 Å². The maximum atomic E-state index is 14.2. The third-order valence-electron chi connectivity index (χ3n) is 3.28. The summed E-state index contributed by atoms with van der Waals surface area (Å²) < 4.78 is 28.2. The zero-order chi connectivity index (χ0) is 16.2. The van der Waals surface area contributed by atoms with E-state index in [9.17, 15) is 13.6 Å². The number of aromatic nitrogens is 1. The van der Waals surface area contributed by atoms with Crippen molar-refractivity contribution in [2.75, 3.05) is 4.90 Å². The minimum Gasteiger partial charge on any atom is -0.268 e. The minimum absolute atomic E-state index is 0.0134. The summed E-state index contributed by atoms with van der Waals surface area (Å²) in [6, 6.07) is 16.3. The number of pyridine rings is 1. The number of amides is 1. The van der Waals surface area contributed by atoms with Gasteiger partial charge in [0.15, 0.2) is 0 Å². The fourth-order valence-electron chi connectivity index (χ4n) is 2.21. The Hall–Kier alpha value is -3.08. The lowest BCUT2D eigenvalue weighted by Crippen LogP contribution is -2.28. The number of hydrogen-bond donors (Lipinski definition) is 0. The van der Waals surface area contributed by atoms with Gasteiger partial charge >= 0.3 is 0 Å². The second-order valence-corrected chi connectivity index (χ2v) is 4.76. The molecule has 0 aliphatic rings. The van der Waals surface area contributed by atoms with E-state index in [4.69, 9.17) is 0 Å². The minimum atomic E-state index is -0.688. The van der Waals surface area contributed by atoms with Crippen LogP contribution in [-0.2, 0) is 0 Å². The number of hydrogen-bond acceptors (Lipinski definition) is 2. The molecule has 114 valence electrons. The van der Waals surface area contributed by atoms with Gasteiger partial charge in [0.2, 0.25) is 0 Å². The Kier molecular flexibility index (Phi) is 4.10. The molecule has 23 heavy (non-hydrogen) atoms. The maximum Gasteiger partial charge on any atom is 0.267 e. The van der Waals surface area contributed by atoms with Crippen LogP contribution in [-0.4, -0.2) is 10.9 Å². The molecular formula is C18H12F2N2O. The lowest BCUT2D eigenvalue weighted by Gasteiger charge is -2.22. The molecule has 2 aromatic carbocycles. The topological polar surface area (TPSA) is 33.2 Å². The lowest BCUT2D eigenvalue weighted by molar-refractivity contribution is 0.0994. The number of benzene rings is 2. The van der Waals surface area contributed by atoms with Crippen molar-refractivity contribution in [2.45, 2.75) is 0 Å². The van der Waals surface area contributed by atoms with Gasteiger partial charge in [-0.2, -0.15) is 0 Å². The molecule has 0 saturated heterocycles. The molecule has 0 bridgehead atoms. The van der Waals surface area contributed by atoms with Gasteiger partial charge in [0.1, 0.15) is 17.5 Å². The van der Waals surface area contributed by atoms with E-state index in [1.165, 1.54) is 42.6 Å². The first kappa shape index (κ1) is 14.8. The van der Waals surface area contributed by atoms with Gasteiger partial charge in [-0.3, -0.25) is 9.69 Å². The van der Waals surface area contributed by atoms with Crippen LogP contribution in [0.2, 0.25) is 0 Å². The third-order valence-corrected chi connectivity index (χ3v) is 3.28. The zero-order valence-electron chi connectivity index (χ0n) is 12.0. The fourth-order valence-corrected chi connectivity index (χ4v) is 2.21. The highest BCUT2D eigenvalue weighted by atomic mass is 19.1. The molecule has 0 spiro atoms. The summed E-state index contributed by atoms with van der Waals surface area (Å²) in [6.07, 6.45) is 1.48. The molecule has 1 heterocycles. The maximum absolute atomic E-state index is 14.2.